The van der Waals surface area contributed by atoms with E-state index in [0.29, 0.717) is 18.2 Å². The van der Waals surface area contributed by atoms with Crippen LogP contribution in [0.15, 0.2) is 40.0 Å². The molecule has 0 saturated heterocycles. The van der Waals surface area contributed by atoms with E-state index < -0.39 is 10.0 Å². The van der Waals surface area contributed by atoms with Gasteiger partial charge in [-0.05, 0) is 31.5 Å². The van der Waals surface area contributed by atoms with Crippen LogP contribution in [0, 0.1) is 6.92 Å². The van der Waals surface area contributed by atoms with Gasteiger partial charge < -0.3 is 5.32 Å². The topological polar surface area (TPSA) is 84.0 Å². The molecule has 0 amide bonds. The quantitative estimate of drug-likeness (QED) is 0.845. The number of hydrogen-bond donors (Lipinski definition) is 2. The summed E-state index contributed by atoms with van der Waals surface area (Å²) in [7, 11) is -3.71. The van der Waals surface area contributed by atoms with E-state index in [4.69, 9.17) is 0 Å². The number of halogens is 1. The Labute approximate surface area is 132 Å². The predicted molar refractivity (Wildman–Crippen MR) is 85.9 cm³/mol. The van der Waals surface area contributed by atoms with E-state index in [9.17, 15) is 8.42 Å². The number of nitrogens with one attached hydrogen (secondary N) is 2. The molecule has 0 bridgehead atoms. The first kappa shape index (κ1) is 15.7. The molecule has 0 saturated carbocycles. The maximum Gasteiger partial charge on any atom is 0.264 e. The number of sulfonamides is 1. The standard InChI is InChI=1S/C13H15BrN4O2S/c1-3-15-13-16-7-10(8-17-13)21(19,20)18-12-6-4-5-11(14)9(12)2/h4-8,18H,3H2,1-2H3,(H,15,16,17). The predicted octanol–water partition coefficient (Wildman–Crippen LogP) is 2.78. The molecule has 1 aromatic heterocycles. The molecule has 1 heterocycles. The first-order valence-corrected chi connectivity index (χ1v) is 8.55. The van der Waals surface area contributed by atoms with Crippen molar-refractivity contribution in [2.24, 2.45) is 0 Å². The zero-order valence-corrected chi connectivity index (χ0v) is 14.0. The fraction of sp³-hybridized carbons (Fsp3) is 0.231. The summed E-state index contributed by atoms with van der Waals surface area (Å²) in [5.74, 6) is 0.398. The minimum Gasteiger partial charge on any atom is -0.355 e. The Morgan fingerprint density at radius 2 is 1.90 bits per heavy atom. The van der Waals surface area contributed by atoms with Crippen molar-refractivity contribution in [1.29, 1.82) is 0 Å². The molecule has 112 valence electrons. The number of hydrogen-bond acceptors (Lipinski definition) is 5. The lowest BCUT2D eigenvalue weighted by atomic mass is 10.2. The van der Waals surface area contributed by atoms with Gasteiger partial charge in [-0.3, -0.25) is 4.72 Å². The second-order valence-electron chi connectivity index (χ2n) is 4.29. The van der Waals surface area contributed by atoms with Crippen LogP contribution < -0.4 is 10.0 Å². The van der Waals surface area contributed by atoms with Crippen molar-refractivity contribution in [2.45, 2.75) is 18.7 Å². The van der Waals surface area contributed by atoms with Gasteiger partial charge in [0, 0.05) is 11.0 Å². The third kappa shape index (κ3) is 3.70. The molecule has 0 radical (unpaired) electrons. The molecule has 0 spiro atoms. The zero-order valence-electron chi connectivity index (χ0n) is 11.6. The highest BCUT2D eigenvalue weighted by atomic mass is 79.9. The fourth-order valence-electron chi connectivity index (χ4n) is 1.63. The van der Waals surface area contributed by atoms with Crippen LogP contribution in [0.5, 0.6) is 0 Å². The van der Waals surface area contributed by atoms with Gasteiger partial charge in [-0.25, -0.2) is 18.4 Å². The molecule has 0 aliphatic heterocycles. The Balaban J connectivity index is 2.27. The molecule has 8 heteroatoms. The summed E-state index contributed by atoms with van der Waals surface area (Å²) in [6.07, 6.45) is 2.56. The Morgan fingerprint density at radius 3 is 2.52 bits per heavy atom. The normalized spacial score (nSPS) is 11.2. The number of aromatic nitrogens is 2. The second kappa shape index (κ2) is 6.40. The van der Waals surface area contributed by atoms with Crippen molar-refractivity contribution < 1.29 is 8.42 Å². The van der Waals surface area contributed by atoms with E-state index in [1.807, 2.05) is 19.9 Å². The molecule has 2 rings (SSSR count). The van der Waals surface area contributed by atoms with E-state index in [1.165, 1.54) is 12.4 Å². The van der Waals surface area contributed by atoms with Crippen molar-refractivity contribution in [3.8, 4) is 0 Å². The summed E-state index contributed by atoms with van der Waals surface area (Å²) in [4.78, 5) is 7.95. The zero-order chi connectivity index (χ0) is 15.5. The van der Waals surface area contributed by atoms with E-state index in [-0.39, 0.29) is 4.90 Å². The van der Waals surface area contributed by atoms with Crippen LogP contribution in [0.3, 0.4) is 0 Å². The maximum absolute atomic E-state index is 12.3. The monoisotopic (exact) mass is 370 g/mol. The molecule has 21 heavy (non-hydrogen) atoms. The summed E-state index contributed by atoms with van der Waals surface area (Å²) in [6.45, 7) is 4.40. The molecule has 0 aliphatic rings. The largest absolute Gasteiger partial charge is 0.355 e. The minimum atomic E-state index is -3.71. The molecule has 1 aromatic carbocycles. The lowest BCUT2D eigenvalue weighted by Crippen LogP contribution is -2.15. The van der Waals surface area contributed by atoms with Crippen molar-refractivity contribution in [3.63, 3.8) is 0 Å². The van der Waals surface area contributed by atoms with Gasteiger partial charge in [0.15, 0.2) is 0 Å². The van der Waals surface area contributed by atoms with E-state index in [0.717, 1.165) is 10.0 Å². The molecule has 0 atom stereocenters. The summed E-state index contributed by atoms with van der Waals surface area (Å²) < 4.78 is 28.0. The van der Waals surface area contributed by atoms with Crippen LogP contribution in [-0.2, 0) is 10.0 Å². The van der Waals surface area contributed by atoms with Crippen LogP contribution in [0.25, 0.3) is 0 Å². The Morgan fingerprint density at radius 1 is 1.24 bits per heavy atom. The van der Waals surface area contributed by atoms with Crippen molar-refractivity contribution in [3.05, 3.63) is 40.6 Å². The summed E-state index contributed by atoms with van der Waals surface area (Å²) in [5.41, 5.74) is 1.33. The van der Waals surface area contributed by atoms with Crippen LogP contribution in [0.1, 0.15) is 12.5 Å². The van der Waals surface area contributed by atoms with Crippen molar-refractivity contribution in [1.82, 2.24) is 9.97 Å². The molecule has 2 N–H and O–H groups in total. The SMILES string of the molecule is CCNc1ncc(S(=O)(=O)Nc2cccc(Br)c2C)cn1. The molecule has 0 fully saturated rings. The highest BCUT2D eigenvalue weighted by molar-refractivity contribution is 9.10. The van der Waals surface area contributed by atoms with Crippen LogP contribution in [0.4, 0.5) is 11.6 Å². The molecular weight excluding hydrogens is 356 g/mol. The fourth-order valence-corrected chi connectivity index (χ4v) is 3.00. The highest BCUT2D eigenvalue weighted by Gasteiger charge is 2.17. The van der Waals surface area contributed by atoms with Crippen LogP contribution >= 0.6 is 15.9 Å². The molecule has 2 aromatic rings. The Bertz CT molecular complexity index is 732. The van der Waals surface area contributed by atoms with Gasteiger partial charge in [0.25, 0.3) is 10.0 Å². The number of anilines is 2. The van der Waals surface area contributed by atoms with Gasteiger partial charge in [-0.1, -0.05) is 22.0 Å². The first-order valence-electron chi connectivity index (χ1n) is 6.28. The Hall–Kier alpha value is -1.67. The van der Waals surface area contributed by atoms with Crippen LogP contribution in [0.2, 0.25) is 0 Å². The minimum absolute atomic E-state index is 0.0172. The highest BCUT2D eigenvalue weighted by Crippen LogP contribution is 2.25. The third-order valence-corrected chi connectivity index (χ3v) is 4.96. The third-order valence-electron chi connectivity index (χ3n) is 2.79. The van der Waals surface area contributed by atoms with Crippen molar-refractivity contribution >= 4 is 37.6 Å². The van der Waals surface area contributed by atoms with Gasteiger partial charge in [0.1, 0.15) is 4.90 Å². The van der Waals surface area contributed by atoms with E-state index in [1.54, 1.807) is 12.1 Å². The lowest BCUT2D eigenvalue weighted by molar-refractivity contribution is 0.600. The average Bonchev–Trinajstić information content (AvgIpc) is 2.45. The van der Waals surface area contributed by atoms with E-state index >= 15 is 0 Å². The summed E-state index contributed by atoms with van der Waals surface area (Å²) >= 11 is 3.37. The summed E-state index contributed by atoms with van der Waals surface area (Å²) in [5, 5.41) is 2.91. The van der Waals surface area contributed by atoms with Gasteiger partial charge in [0.05, 0.1) is 18.1 Å². The summed E-state index contributed by atoms with van der Waals surface area (Å²) in [6, 6.07) is 5.31. The smallest absolute Gasteiger partial charge is 0.264 e. The van der Waals surface area contributed by atoms with Gasteiger partial charge in [0.2, 0.25) is 5.95 Å². The molecular formula is C13H15BrN4O2S. The van der Waals surface area contributed by atoms with Gasteiger partial charge in [-0.15, -0.1) is 0 Å². The number of benzene rings is 1. The van der Waals surface area contributed by atoms with Gasteiger partial charge >= 0.3 is 0 Å². The Kier molecular flexibility index (Phi) is 4.79. The first-order chi connectivity index (χ1) is 9.94. The maximum atomic E-state index is 12.3. The number of nitrogens with zero attached hydrogens (tertiary/aromatic N) is 2. The lowest BCUT2D eigenvalue weighted by Gasteiger charge is -2.11. The van der Waals surface area contributed by atoms with Crippen molar-refractivity contribution in [2.75, 3.05) is 16.6 Å². The van der Waals surface area contributed by atoms with E-state index in [2.05, 4.69) is 35.9 Å². The molecule has 0 aliphatic carbocycles. The second-order valence-corrected chi connectivity index (χ2v) is 6.83. The molecule has 0 unspecified atom stereocenters. The van der Waals surface area contributed by atoms with Gasteiger partial charge in [-0.2, -0.15) is 0 Å². The number of rotatable bonds is 5. The molecule has 6 nitrogen and oxygen atoms in total. The average molecular weight is 371 g/mol. The van der Waals surface area contributed by atoms with Crippen LogP contribution in [-0.4, -0.2) is 24.9 Å².